The standard InChI is InChI=1S/C13H20ClN3/c1-16(2)13(17(3)4)15-10-9-11-5-7-12(14)8-6-11/h5-8H,9-10H2,1-4H3. The molecule has 0 fully saturated rings. The summed E-state index contributed by atoms with van der Waals surface area (Å²) in [5, 5.41) is 0.777. The number of nitrogens with zero attached hydrogens (tertiary/aromatic N) is 3. The van der Waals surface area contributed by atoms with E-state index in [0.717, 1.165) is 23.9 Å². The van der Waals surface area contributed by atoms with E-state index in [1.807, 2.05) is 62.3 Å². The third-order valence-corrected chi connectivity index (χ3v) is 2.62. The molecule has 0 amide bonds. The lowest BCUT2D eigenvalue weighted by molar-refractivity contribution is 0.479. The molecule has 0 aliphatic carbocycles. The molecule has 4 heteroatoms. The zero-order chi connectivity index (χ0) is 12.8. The molecule has 0 saturated heterocycles. The Balaban J connectivity index is 2.55. The highest BCUT2D eigenvalue weighted by molar-refractivity contribution is 6.30. The number of rotatable bonds is 3. The van der Waals surface area contributed by atoms with Crippen LogP contribution in [0.15, 0.2) is 29.3 Å². The third kappa shape index (κ3) is 4.65. The number of hydrogen-bond donors (Lipinski definition) is 0. The maximum absolute atomic E-state index is 5.84. The molecule has 0 bridgehead atoms. The Hall–Kier alpha value is -1.22. The van der Waals surface area contributed by atoms with Crippen LogP contribution in [0.25, 0.3) is 0 Å². The van der Waals surface area contributed by atoms with E-state index in [1.54, 1.807) is 0 Å². The van der Waals surface area contributed by atoms with E-state index in [-0.39, 0.29) is 0 Å². The van der Waals surface area contributed by atoms with Gasteiger partial charge in [-0.3, -0.25) is 4.99 Å². The van der Waals surface area contributed by atoms with Crippen LogP contribution in [0.1, 0.15) is 5.56 Å². The van der Waals surface area contributed by atoms with Crippen molar-refractivity contribution in [3.05, 3.63) is 34.9 Å². The predicted molar refractivity (Wildman–Crippen MR) is 74.8 cm³/mol. The fourth-order valence-corrected chi connectivity index (χ4v) is 1.74. The van der Waals surface area contributed by atoms with Gasteiger partial charge in [0.25, 0.3) is 0 Å². The van der Waals surface area contributed by atoms with Crippen LogP contribution in [0.2, 0.25) is 5.02 Å². The molecule has 17 heavy (non-hydrogen) atoms. The smallest absolute Gasteiger partial charge is 0.195 e. The van der Waals surface area contributed by atoms with E-state index in [4.69, 9.17) is 11.6 Å². The molecule has 0 aromatic heterocycles. The number of halogens is 1. The molecule has 0 atom stereocenters. The van der Waals surface area contributed by atoms with Gasteiger partial charge >= 0.3 is 0 Å². The molecule has 1 rings (SSSR count). The highest BCUT2D eigenvalue weighted by atomic mass is 35.5. The lowest BCUT2D eigenvalue weighted by atomic mass is 10.1. The highest BCUT2D eigenvalue weighted by Crippen LogP contribution is 2.09. The zero-order valence-electron chi connectivity index (χ0n) is 10.9. The Morgan fingerprint density at radius 1 is 1.06 bits per heavy atom. The minimum Gasteiger partial charge on any atom is -0.349 e. The number of hydrogen-bond acceptors (Lipinski definition) is 1. The van der Waals surface area contributed by atoms with E-state index in [0.29, 0.717) is 0 Å². The van der Waals surface area contributed by atoms with Crippen LogP contribution in [-0.4, -0.2) is 50.5 Å². The SMILES string of the molecule is CN(C)C(=NCCc1ccc(Cl)cc1)N(C)C. The summed E-state index contributed by atoms with van der Waals surface area (Å²) in [6.45, 7) is 0.785. The van der Waals surface area contributed by atoms with Crippen molar-refractivity contribution in [1.82, 2.24) is 9.80 Å². The quantitative estimate of drug-likeness (QED) is 0.608. The topological polar surface area (TPSA) is 18.8 Å². The first-order chi connectivity index (χ1) is 8.00. The number of benzene rings is 1. The maximum Gasteiger partial charge on any atom is 0.195 e. The van der Waals surface area contributed by atoms with Gasteiger partial charge in [0, 0.05) is 39.8 Å². The largest absolute Gasteiger partial charge is 0.349 e. The van der Waals surface area contributed by atoms with Gasteiger partial charge in [-0.05, 0) is 24.1 Å². The van der Waals surface area contributed by atoms with E-state index in [2.05, 4.69) is 4.99 Å². The first-order valence-corrected chi connectivity index (χ1v) is 6.02. The van der Waals surface area contributed by atoms with Crippen LogP contribution in [0.3, 0.4) is 0 Å². The monoisotopic (exact) mass is 253 g/mol. The van der Waals surface area contributed by atoms with Gasteiger partial charge in [0.2, 0.25) is 0 Å². The summed E-state index contributed by atoms with van der Waals surface area (Å²) in [6, 6.07) is 7.92. The molecule has 0 N–H and O–H groups in total. The van der Waals surface area contributed by atoms with Crippen molar-refractivity contribution in [3.63, 3.8) is 0 Å². The molecular formula is C13H20ClN3. The average molecular weight is 254 g/mol. The van der Waals surface area contributed by atoms with E-state index < -0.39 is 0 Å². The van der Waals surface area contributed by atoms with Gasteiger partial charge in [0.15, 0.2) is 5.96 Å². The molecule has 0 saturated carbocycles. The van der Waals surface area contributed by atoms with E-state index in [1.165, 1.54) is 5.56 Å². The van der Waals surface area contributed by atoms with Crippen molar-refractivity contribution in [2.45, 2.75) is 6.42 Å². The predicted octanol–water partition coefficient (Wildman–Crippen LogP) is 2.36. The molecule has 1 aromatic carbocycles. The third-order valence-electron chi connectivity index (χ3n) is 2.37. The summed E-state index contributed by atoms with van der Waals surface area (Å²) in [5.41, 5.74) is 1.26. The van der Waals surface area contributed by atoms with Gasteiger partial charge in [-0.25, -0.2) is 0 Å². The van der Waals surface area contributed by atoms with Crippen molar-refractivity contribution in [3.8, 4) is 0 Å². The second-order valence-electron chi connectivity index (χ2n) is 4.35. The Morgan fingerprint density at radius 2 is 1.59 bits per heavy atom. The maximum atomic E-state index is 5.84. The van der Waals surface area contributed by atoms with Crippen LogP contribution < -0.4 is 0 Å². The Labute approximate surface area is 109 Å². The van der Waals surface area contributed by atoms with Crippen LogP contribution in [0.5, 0.6) is 0 Å². The second kappa shape index (κ2) is 6.50. The van der Waals surface area contributed by atoms with Crippen LogP contribution in [0, 0.1) is 0 Å². The highest BCUT2D eigenvalue weighted by Gasteiger charge is 2.03. The van der Waals surface area contributed by atoms with Gasteiger partial charge in [-0.2, -0.15) is 0 Å². The molecule has 0 radical (unpaired) electrons. The molecular weight excluding hydrogens is 234 g/mol. The van der Waals surface area contributed by atoms with E-state index in [9.17, 15) is 0 Å². The fourth-order valence-electron chi connectivity index (χ4n) is 1.62. The van der Waals surface area contributed by atoms with Gasteiger partial charge < -0.3 is 9.80 Å². The molecule has 3 nitrogen and oxygen atoms in total. The van der Waals surface area contributed by atoms with Crippen LogP contribution >= 0.6 is 11.6 Å². The Kier molecular flexibility index (Phi) is 5.29. The Morgan fingerprint density at radius 3 is 2.06 bits per heavy atom. The molecule has 0 spiro atoms. The number of aliphatic imine (C=N–C) groups is 1. The normalized spacial score (nSPS) is 9.94. The second-order valence-corrected chi connectivity index (χ2v) is 4.78. The first kappa shape index (κ1) is 13.8. The van der Waals surface area contributed by atoms with Crippen molar-refractivity contribution in [2.75, 3.05) is 34.7 Å². The summed E-state index contributed by atoms with van der Waals surface area (Å²) >= 11 is 5.84. The summed E-state index contributed by atoms with van der Waals surface area (Å²) in [6.07, 6.45) is 0.933. The minimum absolute atomic E-state index is 0.777. The van der Waals surface area contributed by atoms with Gasteiger partial charge in [0.1, 0.15) is 0 Å². The fraction of sp³-hybridized carbons (Fsp3) is 0.462. The molecule has 0 aliphatic rings. The van der Waals surface area contributed by atoms with Crippen molar-refractivity contribution < 1.29 is 0 Å². The molecule has 0 aliphatic heterocycles. The van der Waals surface area contributed by atoms with Crippen LogP contribution in [0.4, 0.5) is 0 Å². The summed E-state index contributed by atoms with van der Waals surface area (Å²) in [5.74, 6) is 0.985. The molecule has 1 aromatic rings. The van der Waals surface area contributed by atoms with Crippen molar-refractivity contribution in [2.24, 2.45) is 4.99 Å². The minimum atomic E-state index is 0.777. The molecule has 94 valence electrons. The summed E-state index contributed by atoms with van der Waals surface area (Å²) in [7, 11) is 8.00. The first-order valence-electron chi connectivity index (χ1n) is 5.64. The van der Waals surface area contributed by atoms with Gasteiger partial charge in [-0.1, -0.05) is 23.7 Å². The lowest BCUT2D eigenvalue weighted by Gasteiger charge is -2.22. The number of guanidine groups is 1. The summed E-state index contributed by atoms with van der Waals surface area (Å²) < 4.78 is 0. The van der Waals surface area contributed by atoms with Crippen LogP contribution in [-0.2, 0) is 6.42 Å². The molecule has 0 heterocycles. The molecule has 0 unspecified atom stereocenters. The van der Waals surface area contributed by atoms with Crippen molar-refractivity contribution >= 4 is 17.6 Å². The Bertz CT molecular complexity index is 359. The average Bonchev–Trinajstić information content (AvgIpc) is 2.25. The van der Waals surface area contributed by atoms with Gasteiger partial charge in [0.05, 0.1) is 0 Å². The lowest BCUT2D eigenvalue weighted by Crippen LogP contribution is -2.35. The van der Waals surface area contributed by atoms with Crippen molar-refractivity contribution in [1.29, 1.82) is 0 Å². The van der Waals surface area contributed by atoms with Gasteiger partial charge in [-0.15, -0.1) is 0 Å². The summed E-state index contributed by atoms with van der Waals surface area (Å²) in [4.78, 5) is 8.61. The zero-order valence-corrected chi connectivity index (χ0v) is 11.7. The van der Waals surface area contributed by atoms with E-state index >= 15 is 0 Å².